The van der Waals surface area contributed by atoms with E-state index in [0.717, 1.165) is 33.6 Å². The van der Waals surface area contributed by atoms with Crippen LogP contribution in [0.15, 0.2) is 243 Å². The van der Waals surface area contributed by atoms with Crippen LogP contribution in [0.2, 0.25) is 0 Å². The number of hydrogen-bond donors (Lipinski definition) is 0. The van der Waals surface area contributed by atoms with E-state index in [2.05, 4.69) is 237 Å². The standard InChI is InChI=1S/C64H40N2/c1-2-17-43(18-3-1)60-40-61(47-35-32-41-16-4-5-19-45(41)38-47)66-62(65-60)44-33-30-42(31-34-44)46-36-37-51-50-22-8-11-25-54(50)64(59(51)39-46)57-28-14-12-26-55(57)63(56-27-13-15-29-58(56)64)52-23-9-6-20-48(52)49-21-7-10-24-53(49)63/h1-40H. The molecule has 66 heavy (non-hydrogen) atoms. The lowest BCUT2D eigenvalue weighted by Crippen LogP contribution is -2.43. The summed E-state index contributed by atoms with van der Waals surface area (Å²) in [7, 11) is 0. The highest BCUT2D eigenvalue weighted by Gasteiger charge is 2.58. The molecule has 0 N–H and O–H groups in total. The van der Waals surface area contributed by atoms with Gasteiger partial charge in [0.05, 0.1) is 22.2 Å². The van der Waals surface area contributed by atoms with E-state index in [-0.39, 0.29) is 0 Å². The van der Waals surface area contributed by atoms with E-state index in [1.165, 1.54) is 83.1 Å². The molecule has 0 bridgehead atoms. The predicted octanol–water partition coefficient (Wildman–Crippen LogP) is 15.3. The Morgan fingerprint density at radius 3 is 1.21 bits per heavy atom. The van der Waals surface area contributed by atoms with Gasteiger partial charge in [-0.25, -0.2) is 9.97 Å². The van der Waals surface area contributed by atoms with E-state index in [9.17, 15) is 0 Å². The van der Waals surface area contributed by atoms with Gasteiger partial charge in [0.15, 0.2) is 5.82 Å². The Bertz CT molecular complexity index is 3670. The quantitative estimate of drug-likeness (QED) is 0.176. The second kappa shape index (κ2) is 14.0. The minimum absolute atomic E-state index is 0.467. The zero-order chi connectivity index (χ0) is 43.4. The van der Waals surface area contributed by atoms with Crippen molar-refractivity contribution in [2.45, 2.75) is 10.8 Å². The van der Waals surface area contributed by atoms with Crippen molar-refractivity contribution in [3.63, 3.8) is 0 Å². The Morgan fingerprint density at radius 2 is 0.636 bits per heavy atom. The molecule has 10 aromatic carbocycles. The average molecular weight is 837 g/mol. The number of nitrogens with zero attached hydrogens (tertiary/aromatic N) is 2. The van der Waals surface area contributed by atoms with Gasteiger partial charge in [-0.15, -0.1) is 0 Å². The van der Waals surface area contributed by atoms with Crippen LogP contribution in [0.5, 0.6) is 0 Å². The molecule has 14 rings (SSSR count). The van der Waals surface area contributed by atoms with Gasteiger partial charge in [0, 0.05) is 16.7 Å². The molecule has 3 aliphatic rings. The van der Waals surface area contributed by atoms with Crippen LogP contribution in [0.1, 0.15) is 44.5 Å². The van der Waals surface area contributed by atoms with Crippen molar-refractivity contribution in [1.29, 1.82) is 0 Å². The molecule has 0 fully saturated rings. The number of aromatic nitrogens is 2. The molecule has 0 atom stereocenters. The van der Waals surface area contributed by atoms with Gasteiger partial charge in [-0.2, -0.15) is 0 Å². The Hall–Kier alpha value is -8.46. The van der Waals surface area contributed by atoms with Gasteiger partial charge in [-0.1, -0.05) is 224 Å². The molecule has 0 saturated heterocycles. The summed E-state index contributed by atoms with van der Waals surface area (Å²) in [6.07, 6.45) is 0. The van der Waals surface area contributed by atoms with Crippen molar-refractivity contribution in [2.24, 2.45) is 0 Å². The normalized spacial score (nSPS) is 14.0. The monoisotopic (exact) mass is 836 g/mol. The van der Waals surface area contributed by atoms with Crippen LogP contribution in [0.4, 0.5) is 0 Å². The van der Waals surface area contributed by atoms with E-state index in [0.29, 0.717) is 5.82 Å². The minimum Gasteiger partial charge on any atom is -0.228 e. The van der Waals surface area contributed by atoms with Gasteiger partial charge in [-0.3, -0.25) is 0 Å². The third kappa shape index (κ3) is 5.01. The van der Waals surface area contributed by atoms with E-state index in [1.54, 1.807) is 0 Å². The maximum absolute atomic E-state index is 5.23. The maximum Gasteiger partial charge on any atom is 0.160 e. The van der Waals surface area contributed by atoms with Crippen LogP contribution in [-0.4, -0.2) is 9.97 Å². The van der Waals surface area contributed by atoms with Gasteiger partial charge in [0.2, 0.25) is 0 Å². The van der Waals surface area contributed by atoms with Crippen molar-refractivity contribution < 1.29 is 0 Å². The smallest absolute Gasteiger partial charge is 0.160 e. The molecule has 0 saturated carbocycles. The van der Waals surface area contributed by atoms with E-state index in [1.807, 2.05) is 6.07 Å². The highest BCUT2D eigenvalue weighted by atomic mass is 14.9. The number of fused-ring (bicyclic) bond motifs is 17. The first-order valence-corrected chi connectivity index (χ1v) is 22.9. The summed E-state index contributed by atoms with van der Waals surface area (Å²) in [6, 6.07) is 89.5. The third-order valence-corrected chi connectivity index (χ3v) is 14.8. The Balaban J connectivity index is 0.939. The zero-order valence-electron chi connectivity index (χ0n) is 36.0. The molecular weight excluding hydrogens is 797 g/mol. The molecule has 2 spiro atoms. The van der Waals surface area contributed by atoms with Crippen LogP contribution in [-0.2, 0) is 10.8 Å². The number of hydrogen-bond acceptors (Lipinski definition) is 2. The summed E-state index contributed by atoms with van der Waals surface area (Å²) >= 11 is 0. The lowest BCUT2D eigenvalue weighted by Gasteiger charge is -2.48. The fourth-order valence-corrected chi connectivity index (χ4v) is 12.1. The van der Waals surface area contributed by atoms with Crippen LogP contribution in [0.3, 0.4) is 0 Å². The molecular formula is C64H40N2. The Morgan fingerprint density at radius 1 is 0.227 bits per heavy atom. The van der Waals surface area contributed by atoms with Crippen LogP contribution >= 0.6 is 0 Å². The van der Waals surface area contributed by atoms with Gasteiger partial charge in [0.1, 0.15) is 0 Å². The Labute approximate surface area is 384 Å². The molecule has 0 unspecified atom stereocenters. The average Bonchev–Trinajstić information content (AvgIpc) is 3.86. The molecule has 2 heteroatoms. The van der Waals surface area contributed by atoms with Gasteiger partial charge < -0.3 is 0 Å². The molecule has 1 aromatic heterocycles. The summed E-state index contributed by atoms with van der Waals surface area (Å²) in [6.45, 7) is 0. The van der Waals surface area contributed by atoms with Crippen molar-refractivity contribution in [1.82, 2.24) is 9.97 Å². The van der Waals surface area contributed by atoms with Crippen molar-refractivity contribution >= 4 is 10.8 Å². The van der Waals surface area contributed by atoms with Gasteiger partial charge >= 0.3 is 0 Å². The molecule has 2 nitrogen and oxygen atoms in total. The molecule has 0 aliphatic heterocycles. The maximum atomic E-state index is 5.23. The van der Waals surface area contributed by atoms with Crippen LogP contribution in [0.25, 0.3) is 78.1 Å². The molecule has 306 valence electrons. The largest absolute Gasteiger partial charge is 0.228 e. The summed E-state index contributed by atoms with van der Waals surface area (Å²) in [4.78, 5) is 10.4. The Kier molecular flexibility index (Phi) is 7.85. The van der Waals surface area contributed by atoms with E-state index >= 15 is 0 Å². The van der Waals surface area contributed by atoms with Gasteiger partial charge in [-0.05, 0) is 107 Å². The number of rotatable bonds is 4. The SMILES string of the molecule is c1ccc(-c2cc(-c3ccc4ccccc4c3)nc(-c3ccc(-c4ccc5c(c4)C4(c6ccccc6-5)c5ccccc5C5(c6ccccc6-c6ccccc65)c5ccccc54)cc3)n2)cc1. The summed E-state index contributed by atoms with van der Waals surface area (Å²) in [5, 5.41) is 2.40. The zero-order valence-corrected chi connectivity index (χ0v) is 36.0. The second-order valence-corrected chi connectivity index (χ2v) is 18.0. The first-order valence-electron chi connectivity index (χ1n) is 22.9. The molecule has 0 amide bonds. The number of benzene rings is 10. The minimum atomic E-state index is -0.544. The second-order valence-electron chi connectivity index (χ2n) is 18.0. The fourth-order valence-electron chi connectivity index (χ4n) is 12.1. The van der Waals surface area contributed by atoms with E-state index < -0.39 is 10.8 Å². The molecule has 0 radical (unpaired) electrons. The van der Waals surface area contributed by atoms with Gasteiger partial charge in [0.25, 0.3) is 0 Å². The van der Waals surface area contributed by atoms with Crippen LogP contribution < -0.4 is 0 Å². The first-order chi connectivity index (χ1) is 32.7. The lowest BCUT2D eigenvalue weighted by molar-refractivity contribution is 0.633. The summed E-state index contributed by atoms with van der Waals surface area (Å²) in [5.74, 6) is 0.703. The lowest BCUT2D eigenvalue weighted by atomic mass is 9.52. The highest BCUT2D eigenvalue weighted by molar-refractivity contribution is 5.95. The van der Waals surface area contributed by atoms with Crippen molar-refractivity contribution in [3.05, 3.63) is 287 Å². The predicted molar refractivity (Wildman–Crippen MR) is 269 cm³/mol. The summed E-state index contributed by atoms with van der Waals surface area (Å²) in [5.41, 5.74) is 22.1. The molecule has 1 heterocycles. The summed E-state index contributed by atoms with van der Waals surface area (Å²) < 4.78 is 0. The molecule has 11 aromatic rings. The fraction of sp³-hybridized carbons (Fsp3) is 0.0312. The highest BCUT2D eigenvalue weighted by Crippen LogP contribution is 2.67. The van der Waals surface area contributed by atoms with Crippen LogP contribution in [0, 0.1) is 0 Å². The topological polar surface area (TPSA) is 25.8 Å². The van der Waals surface area contributed by atoms with Crippen molar-refractivity contribution in [2.75, 3.05) is 0 Å². The third-order valence-electron chi connectivity index (χ3n) is 14.8. The molecule has 3 aliphatic carbocycles. The van der Waals surface area contributed by atoms with Crippen molar-refractivity contribution in [3.8, 4) is 67.3 Å². The van der Waals surface area contributed by atoms with E-state index in [4.69, 9.17) is 9.97 Å². The first kappa shape index (κ1) is 37.0.